The largest absolute Gasteiger partial charge is 0.395 e. The van der Waals surface area contributed by atoms with Gasteiger partial charge in [0.1, 0.15) is 0 Å². The number of benzene rings is 1. The number of hydrogen-bond donors (Lipinski definition) is 1. The molecule has 1 N–H and O–H groups in total. The van der Waals surface area contributed by atoms with Crippen molar-refractivity contribution in [2.75, 3.05) is 13.7 Å². The highest BCUT2D eigenvalue weighted by Gasteiger charge is 2.24. The monoisotopic (exact) mass is 285 g/mol. The Morgan fingerprint density at radius 2 is 1.90 bits per heavy atom. The third-order valence-corrected chi connectivity index (χ3v) is 4.49. The van der Waals surface area contributed by atoms with E-state index in [2.05, 4.69) is 55.0 Å². The lowest BCUT2D eigenvalue weighted by Gasteiger charge is -2.36. The molecule has 1 aliphatic rings. The normalized spacial score (nSPS) is 21.9. The van der Waals surface area contributed by atoms with Crippen LogP contribution in [0.4, 0.5) is 0 Å². The summed E-state index contributed by atoms with van der Waals surface area (Å²) in [7, 11) is 2.25. The fraction of sp³-hybridized carbons (Fsp3) is 0.579. The van der Waals surface area contributed by atoms with Gasteiger partial charge in [0.15, 0.2) is 0 Å². The van der Waals surface area contributed by atoms with Crippen LogP contribution in [0, 0.1) is 17.8 Å². The molecule has 0 bridgehead atoms. The van der Waals surface area contributed by atoms with Crippen molar-refractivity contribution < 1.29 is 5.11 Å². The van der Waals surface area contributed by atoms with E-state index < -0.39 is 0 Å². The minimum absolute atomic E-state index is 0.134. The fourth-order valence-electron chi connectivity index (χ4n) is 3.27. The van der Waals surface area contributed by atoms with Gasteiger partial charge in [0.25, 0.3) is 0 Å². The quantitative estimate of drug-likeness (QED) is 0.857. The van der Waals surface area contributed by atoms with Gasteiger partial charge < -0.3 is 5.11 Å². The Hall–Kier alpha value is -1.30. The Kier molecular flexibility index (Phi) is 6.29. The number of hydrogen-bond acceptors (Lipinski definition) is 2. The predicted octanol–water partition coefficient (Wildman–Crippen LogP) is 3.43. The fourth-order valence-corrected chi connectivity index (χ4v) is 3.27. The average Bonchev–Trinajstić information content (AvgIpc) is 2.49. The second-order valence-electron chi connectivity index (χ2n) is 6.22. The van der Waals surface area contributed by atoms with Crippen molar-refractivity contribution in [2.24, 2.45) is 5.92 Å². The van der Waals surface area contributed by atoms with Crippen LogP contribution in [0.15, 0.2) is 24.3 Å². The lowest BCUT2D eigenvalue weighted by atomic mass is 9.85. The van der Waals surface area contributed by atoms with Crippen LogP contribution >= 0.6 is 0 Å². The van der Waals surface area contributed by atoms with E-state index in [4.69, 9.17) is 5.11 Å². The minimum Gasteiger partial charge on any atom is -0.395 e. The summed E-state index contributed by atoms with van der Waals surface area (Å²) in [5, 5.41) is 8.72. The van der Waals surface area contributed by atoms with Crippen LogP contribution in [0.25, 0.3) is 0 Å². The van der Waals surface area contributed by atoms with Crippen molar-refractivity contribution in [3.8, 4) is 11.8 Å². The van der Waals surface area contributed by atoms with E-state index in [0.29, 0.717) is 6.42 Å². The molecule has 1 saturated carbocycles. The van der Waals surface area contributed by atoms with Gasteiger partial charge in [-0.05, 0) is 43.5 Å². The van der Waals surface area contributed by atoms with Crippen LogP contribution in [-0.4, -0.2) is 29.7 Å². The van der Waals surface area contributed by atoms with Crippen LogP contribution in [0.3, 0.4) is 0 Å². The maximum atomic E-state index is 8.72. The molecule has 0 saturated heterocycles. The second kappa shape index (κ2) is 8.22. The molecular formula is C19H27NO. The Morgan fingerprint density at radius 1 is 1.19 bits per heavy atom. The van der Waals surface area contributed by atoms with E-state index >= 15 is 0 Å². The van der Waals surface area contributed by atoms with E-state index in [1.807, 2.05) is 0 Å². The molecule has 1 aromatic rings. The van der Waals surface area contributed by atoms with E-state index in [0.717, 1.165) is 24.1 Å². The smallest absolute Gasteiger partial charge is 0.0540 e. The molecule has 0 radical (unpaired) electrons. The summed E-state index contributed by atoms with van der Waals surface area (Å²) in [5.41, 5.74) is 2.38. The van der Waals surface area contributed by atoms with Gasteiger partial charge in [-0.3, -0.25) is 4.90 Å². The molecule has 0 heterocycles. The topological polar surface area (TPSA) is 23.5 Å². The first-order chi connectivity index (χ1) is 10.2. The summed E-state index contributed by atoms with van der Waals surface area (Å²) in [6, 6.07) is 9.23. The van der Waals surface area contributed by atoms with Crippen LogP contribution in [0.5, 0.6) is 0 Å². The molecule has 1 aliphatic carbocycles. The standard InChI is InChI=1S/C19H27NO/c1-16-7-3-4-9-19(16)20(2)15-18-12-10-17(11-13-18)8-5-6-14-21/h10-13,16,19,21H,3-4,6-7,9,14-15H2,1-2H3. The summed E-state index contributed by atoms with van der Waals surface area (Å²) in [4.78, 5) is 2.51. The molecule has 0 aromatic heterocycles. The zero-order chi connectivity index (χ0) is 15.1. The first-order valence-electron chi connectivity index (χ1n) is 8.09. The van der Waals surface area contributed by atoms with Gasteiger partial charge in [-0.15, -0.1) is 0 Å². The molecular weight excluding hydrogens is 258 g/mol. The van der Waals surface area contributed by atoms with Gasteiger partial charge in [0.2, 0.25) is 0 Å². The number of nitrogens with zero attached hydrogens (tertiary/aromatic N) is 1. The van der Waals surface area contributed by atoms with Gasteiger partial charge in [0, 0.05) is 24.6 Å². The molecule has 2 rings (SSSR count). The molecule has 2 heteroatoms. The average molecular weight is 285 g/mol. The van der Waals surface area contributed by atoms with Crippen molar-refractivity contribution in [3.05, 3.63) is 35.4 Å². The van der Waals surface area contributed by atoms with Crippen LogP contribution in [0.1, 0.15) is 50.2 Å². The van der Waals surface area contributed by atoms with Gasteiger partial charge in [-0.25, -0.2) is 0 Å². The highest BCUT2D eigenvalue weighted by atomic mass is 16.2. The first kappa shape index (κ1) is 16.1. The molecule has 114 valence electrons. The summed E-state index contributed by atoms with van der Waals surface area (Å²) in [6.07, 6.45) is 6.02. The maximum Gasteiger partial charge on any atom is 0.0540 e. The molecule has 2 nitrogen and oxygen atoms in total. The van der Waals surface area contributed by atoms with Crippen molar-refractivity contribution in [2.45, 2.75) is 51.6 Å². The van der Waals surface area contributed by atoms with E-state index in [1.165, 1.54) is 31.2 Å². The highest BCUT2D eigenvalue weighted by Crippen LogP contribution is 2.28. The zero-order valence-electron chi connectivity index (χ0n) is 13.3. The number of aliphatic hydroxyl groups is 1. The summed E-state index contributed by atoms with van der Waals surface area (Å²) in [5.74, 6) is 6.84. The van der Waals surface area contributed by atoms with Gasteiger partial charge in [-0.1, -0.05) is 43.7 Å². The summed E-state index contributed by atoms with van der Waals surface area (Å²) < 4.78 is 0. The van der Waals surface area contributed by atoms with Crippen LogP contribution < -0.4 is 0 Å². The third kappa shape index (κ3) is 4.88. The Bertz CT molecular complexity index is 483. The van der Waals surface area contributed by atoms with Gasteiger partial charge >= 0.3 is 0 Å². The van der Waals surface area contributed by atoms with Crippen LogP contribution in [0.2, 0.25) is 0 Å². The van der Waals surface area contributed by atoms with Crippen LogP contribution in [-0.2, 0) is 6.54 Å². The van der Waals surface area contributed by atoms with Crippen molar-refractivity contribution in [1.82, 2.24) is 4.90 Å². The molecule has 0 amide bonds. The van der Waals surface area contributed by atoms with Crippen molar-refractivity contribution in [1.29, 1.82) is 0 Å². The Labute approximate surface area is 129 Å². The summed E-state index contributed by atoms with van der Waals surface area (Å²) in [6.45, 7) is 3.54. The Morgan fingerprint density at radius 3 is 2.57 bits per heavy atom. The third-order valence-electron chi connectivity index (χ3n) is 4.49. The SMILES string of the molecule is CC1CCCCC1N(C)Cc1ccc(C#CCCO)cc1. The molecule has 0 spiro atoms. The lowest BCUT2D eigenvalue weighted by molar-refractivity contribution is 0.133. The van der Waals surface area contributed by atoms with Gasteiger partial charge in [-0.2, -0.15) is 0 Å². The van der Waals surface area contributed by atoms with E-state index in [1.54, 1.807) is 0 Å². The lowest BCUT2D eigenvalue weighted by Crippen LogP contribution is -2.38. The minimum atomic E-state index is 0.134. The molecule has 2 unspecified atom stereocenters. The molecule has 1 fully saturated rings. The van der Waals surface area contributed by atoms with E-state index in [-0.39, 0.29) is 6.61 Å². The zero-order valence-corrected chi connectivity index (χ0v) is 13.3. The predicted molar refractivity (Wildman–Crippen MR) is 87.9 cm³/mol. The van der Waals surface area contributed by atoms with E-state index in [9.17, 15) is 0 Å². The number of rotatable bonds is 4. The second-order valence-corrected chi connectivity index (χ2v) is 6.22. The Balaban J connectivity index is 1.92. The first-order valence-corrected chi connectivity index (χ1v) is 8.09. The summed E-state index contributed by atoms with van der Waals surface area (Å²) >= 11 is 0. The van der Waals surface area contributed by atoms with Crippen molar-refractivity contribution >= 4 is 0 Å². The molecule has 1 aromatic carbocycles. The highest BCUT2D eigenvalue weighted by molar-refractivity contribution is 5.36. The number of aliphatic hydroxyl groups excluding tert-OH is 1. The van der Waals surface area contributed by atoms with Crippen molar-refractivity contribution in [3.63, 3.8) is 0 Å². The molecule has 21 heavy (non-hydrogen) atoms. The molecule has 0 aliphatic heterocycles. The maximum absolute atomic E-state index is 8.72. The molecule has 2 atom stereocenters. The van der Waals surface area contributed by atoms with Gasteiger partial charge in [0.05, 0.1) is 6.61 Å².